The number of nitro groups is 1. The smallest absolute Gasteiger partial charge is 0.335 e. The quantitative estimate of drug-likeness (QED) is 0.0725. The van der Waals surface area contributed by atoms with Crippen LogP contribution in [0.2, 0.25) is 15.1 Å². The highest BCUT2D eigenvalue weighted by molar-refractivity contribution is 6.37. The molecule has 0 amide bonds. The van der Waals surface area contributed by atoms with E-state index in [1.54, 1.807) is 6.07 Å². The van der Waals surface area contributed by atoms with E-state index in [-0.39, 0.29) is 38.2 Å². The van der Waals surface area contributed by atoms with Gasteiger partial charge in [0.15, 0.2) is 11.5 Å². The van der Waals surface area contributed by atoms with E-state index in [0.717, 1.165) is 44.6 Å². The Kier molecular flexibility index (Phi) is 19.4. The van der Waals surface area contributed by atoms with E-state index in [1.165, 1.54) is 36.4 Å². The van der Waals surface area contributed by atoms with E-state index < -0.39 is 22.8 Å². The van der Waals surface area contributed by atoms with Gasteiger partial charge in [-0.3, -0.25) is 10.1 Å². The zero-order valence-corrected chi connectivity index (χ0v) is 28.9. The van der Waals surface area contributed by atoms with Gasteiger partial charge in [-0.25, -0.2) is 14.4 Å². The zero-order chi connectivity index (χ0) is 36.2. The molecule has 0 atom stereocenters. The Morgan fingerprint density at radius 1 is 0.625 bits per heavy atom. The number of benzene rings is 3. The van der Waals surface area contributed by atoms with Crippen molar-refractivity contribution in [2.75, 3.05) is 19.8 Å². The number of halogens is 3. The van der Waals surface area contributed by atoms with Crippen LogP contribution in [0.1, 0.15) is 90.4 Å². The minimum Gasteiger partial charge on any atom is -0.492 e. The number of hydrogen-bond acceptors (Lipinski definition) is 8. The van der Waals surface area contributed by atoms with Crippen molar-refractivity contribution in [1.82, 2.24) is 0 Å². The van der Waals surface area contributed by atoms with Gasteiger partial charge in [0.05, 0.1) is 56.5 Å². The van der Waals surface area contributed by atoms with Gasteiger partial charge in [-0.1, -0.05) is 74.8 Å². The molecule has 0 aliphatic heterocycles. The third-order valence-electron chi connectivity index (χ3n) is 6.08. The van der Waals surface area contributed by atoms with Crippen LogP contribution in [0, 0.1) is 10.1 Å². The maximum absolute atomic E-state index is 10.8. The first kappa shape index (κ1) is 41.8. The molecule has 3 rings (SSSR count). The summed E-state index contributed by atoms with van der Waals surface area (Å²) in [5.41, 5.74) is -0.221. The fourth-order valence-corrected chi connectivity index (χ4v) is 4.29. The van der Waals surface area contributed by atoms with Crippen LogP contribution < -0.4 is 14.2 Å². The van der Waals surface area contributed by atoms with Crippen LogP contribution in [-0.2, 0) is 0 Å². The summed E-state index contributed by atoms with van der Waals surface area (Å²) in [5.74, 6) is -2.26. The molecule has 12 nitrogen and oxygen atoms in total. The number of ether oxygens (including phenoxy) is 3. The molecule has 0 aliphatic carbocycles. The number of nitro benzene ring substituents is 1. The SMILES string of the molecule is CCCCOc1c(Cl)cc(C(=O)O)cc1Cl.CCCCOc1ccc(C(=O)O)cc1Cl.CCCCOc1ccc(C(=O)O)cc1[N+](=O)[O-]. The molecule has 0 aromatic heterocycles. The van der Waals surface area contributed by atoms with Gasteiger partial charge in [-0.15, -0.1) is 0 Å². The minimum atomic E-state index is -1.20. The van der Waals surface area contributed by atoms with Crippen LogP contribution >= 0.6 is 34.8 Å². The van der Waals surface area contributed by atoms with Crippen molar-refractivity contribution in [1.29, 1.82) is 0 Å². The van der Waals surface area contributed by atoms with Crippen molar-refractivity contribution in [3.63, 3.8) is 0 Å². The molecule has 0 unspecified atom stereocenters. The van der Waals surface area contributed by atoms with Gasteiger partial charge in [0.2, 0.25) is 0 Å². The number of carboxylic acids is 3. The second-order valence-electron chi connectivity index (χ2n) is 9.88. The van der Waals surface area contributed by atoms with Crippen molar-refractivity contribution in [2.45, 2.75) is 59.3 Å². The minimum absolute atomic E-state index is 0.0536. The maximum Gasteiger partial charge on any atom is 0.335 e. The summed E-state index contributed by atoms with van der Waals surface area (Å²) in [5, 5.41) is 37.8. The van der Waals surface area contributed by atoms with Gasteiger partial charge in [-0.05, 0) is 61.7 Å². The van der Waals surface area contributed by atoms with E-state index in [9.17, 15) is 24.5 Å². The molecule has 0 bridgehead atoms. The Morgan fingerprint density at radius 2 is 1.02 bits per heavy atom. The molecule has 0 saturated heterocycles. The van der Waals surface area contributed by atoms with Crippen LogP contribution in [0.4, 0.5) is 5.69 Å². The molecule has 0 aliphatic rings. The molecule has 0 fully saturated rings. The predicted molar refractivity (Wildman–Crippen MR) is 183 cm³/mol. The standard InChI is InChI=1S/C11H12Cl2O3.C11H13ClO3.C11H13NO5/c1-2-3-4-16-10-8(12)5-7(11(14)15)6-9(10)13;1-2-3-6-15-10-5-4-8(11(13)14)7-9(10)12;1-2-3-6-17-10-5-4-8(11(13)14)7-9(10)12(15)16/h5-6H,2-4H2,1H3,(H,14,15);4-5,7H,2-3,6H2,1H3,(H,13,14);4-5,7H,2-3,6H2,1H3,(H,13,14). The lowest BCUT2D eigenvalue weighted by atomic mass is 10.2. The Bertz CT molecular complexity index is 1510. The summed E-state index contributed by atoms with van der Waals surface area (Å²) in [4.78, 5) is 42.1. The maximum atomic E-state index is 10.8. The summed E-state index contributed by atoms with van der Waals surface area (Å²) in [6.07, 6.45) is 5.61. The molecule has 3 aromatic rings. The lowest BCUT2D eigenvalue weighted by Gasteiger charge is -2.10. The molecule has 0 radical (unpaired) electrons. The van der Waals surface area contributed by atoms with E-state index >= 15 is 0 Å². The third kappa shape index (κ3) is 14.7. The van der Waals surface area contributed by atoms with Crippen molar-refractivity contribution >= 4 is 58.4 Å². The molecule has 3 N–H and O–H groups in total. The van der Waals surface area contributed by atoms with Crippen molar-refractivity contribution in [3.05, 3.63) is 90.4 Å². The lowest BCUT2D eigenvalue weighted by molar-refractivity contribution is -0.385. The first-order valence-corrected chi connectivity index (χ1v) is 16.1. The molecule has 0 saturated carbocycles. The fourth-order valence-electron chi connectivity index (χ4n) is 3.46. The summed E-state index contributed by atoms with van der Waals surface area (Å²) >= 11 is 17.6. The highest BCUT2D eigenvalue weighted by atomic mass is 35.5. The molecule has 3 aromatic carbocycles. The van der Waals surface area contributed by atoms with E-state index in [2.05, 4.69) is 6.92 Å². The lowest BCUT2D eigenvalue weighted by Crippen LogP contribution is -2.03. The Labute approximate surface area is 293 Å². The van der Waals surface area contributed by atoms with Gasteiger partial charge < -0.3 is 29.5 Å². The molecular formula is C33H38Cl3NO11. The Hall–Kier alpha value is -4.26. The highest BCUT2D eigenvalue weighted by Crippen LogP contribution is 2.34. The molecule has 0 heterocycles. The van der Waals surface area contributed by atoms with E-state index in [1.807, 2.05) is 13.8 Å². The molecular weight excluding hydrogens is 693 g/mol. The average Bonchev–Trinajstić information content (AvgIpc) is 3.03. The average molecular weight is 731 g/mol. The summed E-state index contributed by atoms with van der Waals surface area (Å²) in [6, 6.07) is 10.7. The monoisotopic (exact) mass is 729 g/mol. The highest BCUT2D eigenvalue weighted by Gasteiger charge is 2.18. The Morgan fingerprint density at radius 3 is 1.44 bits per heavy atom. The largest absolute Gasteiger partial charge is 0.492 e. The number of carbonyl (C=O) groups is 3. The van der Waals surface area contributed by atoms with Crippen molar-refractivity contribution < 1.29 is 48.8 Å². The fraction of sp³-hybridized carbons (Fsp3) is 0.364. The van der Waals surface area contributed by atoms with E-state index in [0.29, 0.717) is 36.3 Å². The summed E-state index contributed by atoms with van der Waals surface area (Å²) in [7, 11) is 0. The number of carboxylic acid groups (broad SMARTS) is 3. The third-order valence-corrected chi connectivity index (χ3v) is 6.94. The predicted octanol–water partition coefficient (Wildman–Crippen LogP) is 9.56. The van der Waals surface area contributed by atoms with Gasteiger partial charge in [0.25, 0.3) is 0 Å². The number of rotatable bonds is 16. The topological polar surface area (TPSA) is 183 Å². The summed E-state index contributed by atoms with van der Waals surface area (Å²) < 4.78 is 16.0. The van der Waals surface area contributed by atoms with Crippen LogP contribution in [0.15, 0.2) is 48.5 Å². The van der Waals surface area contributed by atoms with E-state index in [4.69, 9.17) is 64.3 Å². The van der Waals surface area contributed by atoms with Crippen molar-refractivity contribution in [3.8, 4) is 17.2 Å². The summed E-state index contributed by atoms with van der Waals surface area (Å²) in [6.45, 7) is 7.58. The first-order chi connectivity index (χ1) is 22.8. The molecule has 15 heteroatoms. The van der Waals surface area contributed by atoms with Crippen LogP contribution in [0.5, 0.6) is 17.2 Å². The number of hydrogen-bond donors (Lipinski definition) is 3. The van der Waals surface area contributed by atoms with Crippen LogP contribution in [-0.4, -0.2) is 58.0 Å². The Balaban J connectivity index is 0.000000361. The zero-order valence-electron chi connectivity index (χ0n) is 26.7. The van der Waals surface area contributed by atoms with Gasteiger partial charge in [0.1, 0.15) is 5.75 Å². The molecule has 0 spiro atoms. The number of nitrogens with zero attached hydrogens (tertiary/aromatic N) is 1. The van der Waals surface area contributed by atoms with Crippen LogP contribution in [0.3, 0.4) is 0 Å². The normalized spacial score (nSPS) is 10.0. The van der Waals surface area contributed by atoms with Crippen molar-refractivity contribution in [2.24, 2.45) is 0 Å². The molecule has 262 valence electrons. The van der Waals surface area contributed by atoms with Gasteiger partial charge >= 0.3 is 23.6 Å². The second-order valence-corrected chi connectivity index (χ2v) is 11.1. The second kappa shape index (κ2) is 22.3. The van der Waals surface area contributed by atoms with Gasteiger partial charge in [0, 0.05) is 6.07 Å². The van der Waals surface area contributed by atoms with Gasteiger partial charge in [-0.2, -0.15) is 0 Å². The number of aromatic carboxylic acids is 3. The first-order valence-electron chi connectivity index (χ1n) is 14.9. The van der Waals surface area contributed by atoms with Crippen LogP contribution in [0.25, 0.3) is 0 Å². The number of unbranched alkanes of at least 4 members (excludes halogenated alkanes) is 3. The molecule has 48 heavy (non-hydrogen) atoms.